The summed E-state index contributed by atoms with van der Waals surface area (Å²) in [7, 11) is 4.22. The van der Waals surface area contributed by atoms with Crippen LogP contribution in [-0.4, -0.2) is 42.2 Å². The molecule has 0 unspecified atom stereocenters. The molecule has 0 aliphatic carbocycles. The Morgan fingerprint density at radius 2 is 1.86 bits per heavy atom. The van der Waals surface area contributed by atoms with Crippen LogP contribution in [0.3, 0.4) is 0 Å². The summed E-state index contributed by atoms with van der Waals surface area (Å²) < 4.78 is 0. The summed E-state index contributed by atoms with van der Waals surface area (Å²) >= 11 is 5.70. The fourth-order valence-electron chi connectivity index (χ4n) is 3.22. The van der Waals surface area contributed by atoms with Crippen molar-refractivity contribution in [3.63, 3.8) is 0 Å². The third-order valence-electron chi connectivity index (χ3n) is 4.88. The average molecular weight is 410 g/mol. The Bertz CT molecular complexity index is 1070. The van der Waals surface area contributed by atoms with Crippen molar-refractivity contribution in [2.45, 2.75) is 20.4 Å². The topological polar surface area (TPSA) is 52.6 Å². The monoisotopic (exact) mass is 409 g/mol. The maximum absolute atomic E-state index is 12.7. The third-order valence-corrected chi connectivity index (χ3v) is 5.24. The van der Waals surface area contributed by atoms with Crippen LogP contribution in [0.25, 0.3) is 10.9 Å². The molecule has 0 aliphatic heterocycles. The van der Waals surface area contributed by atoms with Crippen LogP contribution in [0, 0.1) is 13.8 Å². The molecule has 3 N–H and O–H groups in total. The maximum Gasteiger partial charge on any atom is 0.253 e. The molecule has 0 saturated carbocycles. The molecule has 3 rings (SSSR count). The smallest absolute Gasteiger partial charge is 0.253 e. The number of aryl methyl sites for hydroxylation is 2. The van der Waals surface area contributed by atoms with Crippen molar-refractivity contribution in [2.24, 2.45) is 0 Å². The van der Waals surface area contributed by atoms with Gasteiger partial charge in [0.1, 0.15) is 0 Å². The molecule has 152 valence electrons. The average Bonchev–Trinajstić information content (AvgIpc) is 2.65. The number of hydrogen-bond acceptors (Lipinski definition) is 2. The van der Waals surface area contributed by atoms with Gasteiger partial charge in [-0.25, -0.2) is 0 Å². The summed E-state index contributed by atoms with van der Waals surface area (Å²) in [5.74, 6) is 0. The zero-order valence-electron chi connectivity index (χ0n) is 17.5. The molecule has 3 aromatic rings. The van der Waals surface area contributed by atoms with E-state index in [0.29, 0.717) is 17.2 Å². The lowest BCUT2D eigenvalue weighted by Crippen LogP contribution is -3.06. The Morgan fingerprint density at radius 1 is 1.10 bits per heavy atom. The minimum absolute atomic E-state index is 0.0661. The highest BCUT2D eigenvalue weighted by molar-refractivity contribution is 7.80. The number of fused-ring (bicyclic) bond motifs is 1. The number of benzene rings is 2. The number of quaternary nitrogens is 1. The number of aromatic amines is 1. The molecule has 1 heterocycles. The first-order valence-corrected chi connectivity index (χ1v) is 10.3. The molecule has 0 amide bonds. The number of likely N-dealkylation sites (N-methyl/N-ethyl adjacent to an activating group) is 1. The van der Waals surface area contributed by atoms with Crippen LogP contribution in [0.5, 0.6) is 0 Å². The van der Waals surface area contributed by atoms with E-state index in [2.05, 4.69) is 54.4 Å². The van der Waals surface area contributed by atoms with Crippen LogP contribution in [0.4, 0.5) is 5.69 Å². The van der Waals surface area contributed by atoms with Crippen molar-refractivity contribution in [3.8, 4) is 0 Å². The number of H-pyrrole nitrogens is 1. The molecule has 0 spiro atoms. The number of nitrogens with one attached hydrogen (secondary N) is 3. The van der Waals surface area contributed by atoms with Gasteiger partial charge in [-0.1, -0.05) is 24.3 Å². The minimum Gasteiger partial charge on any atom is -0.339 e. The van der Waals surface area contributed by atoms with E-state index >= 15 is 0 Å². The van der Waals surface area contributed by atoms with Crippen molar-refractivity contribution in [1.82, 2.24) is 9.88 Å². The Morgan fingerprint density at radius 3 is 2.59 bits per heavy atom. The van der Waals surface area contributed by atoms with Crippen molar-refractivity contribution < 1.29 is 4.90 Å². The molecule has 0 aliphatic rings. The van der Waals surface area contributed by atoms with Gasteiger partial charge in [-0.2, -0.15) is 0 Å². The first kappa shape index (κ1) is 21.0. The van der Waals surface area contributed by atoms with Gasteiger partial charge in [-0.3, -0.25) is 4.79 Å². The number of pyridine rings is 1. The molecule has 2 aromatic carbocycles. The summed E-state index contributed by atoms with van der Waals surface area (Å²) in [6, 6.07) is 16.2. The van der Waals surface area contributed by atoms with Crippen LogP contribution in [-0.2, 0) is 6.54 Å². The quantitative estimate of drug-likeness (QED) is 0.548. The van der Waals surface area contributed by atoms with E-state index in [0.717, 1.165) is 35.2 Å². The molecule has 1 aromatic heterocycles. The van der Waals surface area contributed by atoms with Crippen molar-refractivity contribution in [3.05, 3.63) is 75.6 Å². The van der Waals surface area contributed by atoms with Gasteiger partial charge in [0.25, 0.3) is 5.56 Å². The Balaban J connectivity index is 1.85. The molecule has 5 nitrogen and oxygen atoms in total. The van der Waals surface area contributed by atoms with Gasteiger partial charge < -0.3 is 20.1 Å². The third kappa shape index (κ3) is 5.65. The lowest BCUT2D eigenvalue weighted by molar-refractivity contribution is -0.857. The van der Waals surface area contributed by atoms with Gasteiger partial charge in [0.05, 0.1) is 33.7 Å². The minimum atomic E-state index is -0.0661. The SMILES string of the molecule is Cc1cccc(NC(=S)N(CC[NH+](C)C)Cc2cc3ccc(C)cc3[nH]c2=O)c1. The van der Waals surface area contributed by atoms with E-state index in [4.69, 9.17) is 12.2 Å². The molecule has 0 saturated heterocycles. The molecule has 0 fully saturated rings. The largest absolute Gasteiger partial charge is 0.339 e. The maximum atomic E-state index is 12.7. The van der Waals surface area contributed by atoms with Crippen LogP contribution >= 0.6 is 12.2 Å². The van der Waals surface area contributed by atoms with Gasteiger partial charge in [0.2, 0.25) is 0 Å². The number of nitrogens with zero attached hydrogens (tertiary/aromatic N) is 1. The van der Waals surface area contributed by atoms with E-state index in [1.165, 1.54) is 10.5 Å². The Hall–Kier alpha value is -2.70. The summed E-state index contributed by atoms with van der Waals surface area (Å²) in [6.07, 6.45) is 0. The fourth-order valence-corrected chi connectivity index (χ4v) is 3.49. The zero-order valence-corrected chi connectivity index (χ0v) is 18.3. The summed E-state index contributed by atoms with van der Waals surface area (Å²) in [6.45, 7) is 6.21. The van der Waals surface area contributed by atoms with Gasteiger partial charge in [-0.05, 0) is 66.8 Å². The normalized spacial score (nSPS) is 11.1. The highest BCUT2D eigenvalue weighted by Gasteiger charge is 2.15. The van der Waals surface area contributed by atoms with Crippen LogP contribution in [0.15, 0.2) is 53.3 Å². The fraction of sp³-hybridized carbons (Fsp3) is 0.304. The summed E-state index contributed by atoms with van der Waals surface area (Å²) in [4.78, 5) is 19.1. The van der Waals surface area contributed by atoms with E-state index < -0.39 is 0 Å². The first-order chi connectivity index (χ1) is 13.8. The first-order valence-electron chi connectivity index (χ1n) is 9.86. The molecule has 6 heteroatoms. The van der Waals surface area contributed by atoms with Crippen molar-refractivity contribution in [2.75, 3.05) is 32.5 Å². The van der Waals surface area contributed by atoms with Gasteiger partial charge in [0.15, 0.2) is 5.11 Å². The number of anilines is 1. The molecule has 29 heavy (non-hydrogen) atoms. The molecular formula is C23H29N4OS+. The summed E-state index contributed by atoms with van der Waals surface area (Å²) in [5, 5.41) is 4.98. The number of hydrogen-bond donors (Lipinski definition) is 3. The molecular weight excluding hydrogens is 380 g/mol. The van der Waals surface area contributed by atoms with E-state index in [9.17, 15) is 4.79 Å². The van der Waals surface area contributed by atoms with Crippen molar-refractivity contribution in [1.29, 1.82) is 0 Å². The van der Waals surface area contributed by atoms with E-state index in [1.54, 1.807) is 0 Å². The number of aromatic nitrogens is 1. The Labute approximate surface area is 177 Å². The predicted molar refractivity (Wildman–Crippen MR) is 125 cm³/mol. The number of rotatable bonds is 6. The van der Waals surface area contributed by atoms with Crippen molar-refractivity contribution >= 4 is 33.9 Å². The lowest BCUT2D eigenvalue weighted by atomic mass is 10.1. The van der Waals surface area contributed by atoms with Crippen LogP contribution in [0.1, 0.15) is 16.7 Å². The van der Waals surface area contributed by atoms with Crippen LogP contribution in [0.2, 0.25) is 0 Å². The second-order valence-electron chi connectivity index (χ2n) is 7.89. The highest BCUT2D eigenvalue weighted by atomic mass is 32.1. The van der Waals surface area contributed by atoms with E-state index in [-0.39, 0.29) is 5.56 Å². The molecule has 0 bridgehead atoms. The van der Waals surface area contributed by atoms with Gasteiger partial charge in [0, 0.05) is 16.8 Å². The lowest BCUT2D eigenvalue weighted by Gasteiger charge is -2.26. The standard InChI is InChI=1S/C23H28N4OS/c1-16-6-5-7-20(12-16)24-23(29)27(11-10-26(3)4)15-19-14-18-9-8-17(2)13-21(18)25-22(19)28/h5-9,12-14H,10-11,15H2,1-4H3,(H,24,29)(H,25,28)/p+1. The van der Waals surface area contributed by atoms with E-state index in [1.807, 2.05) is 37.3 Å². The molecule has 0 atom stereocenters. The number of thiocarbonyl (C=S) groups is 1. The zero-order chi connectivity index (χ0) is 21.0. The Kier molecular flexibility index (Phi) is 6.67. The highest BCUT2D eigenvalue weighted by Crippen LogP contribution is 2.15. The van der Waals surface area contributed by atoms with Gasteiger partial charge in [-0.15, -0.1) is 0 Å². The second kappa shape index (κ2) is 9.20. The predicted octanol–water partition coefficient (Wildman–Crippen LogP) is 2.49. The summed E-state index contributed by atoms with van der Waals surface area (Å²) in [5.41, 5.74) is 4.76. The molecule has 0 radical (unpaired) electrons. The van der Waals surface area contributed by atoms with Crippen LogP contribution < -0.4 is 15.8 Å². The second-order valence-corrected chi connectivity index (χ2v) is 8.28. The van der Waals surface area contributed by atoms with Gasteiger partial charge >= 0.3 is 0 Å².